The first-order valence-corrected chi connectivity index (χ1v) is 11.7. The fourth-order valence-electron chi connectivity index (χ4n) is 6.19. The third-order valence-electron chi connectivity index (χ3n) is 7.79. The molecule has 2 N–H and O–H groups in total. The predicted octanol–water partition coefficient (Wildman–Crippen LogP) is 3.84. The Morgan fingerprint density at radius 1 is 1.06 bits per heavy atom. The van der Waals surface area contributed by atoms with Crippen LogP contribution in [-0.4, -0.2) is 47.7 Å². The number of carbonyl (C=O) groups excluding carboxylic acids is 1. The summed E-state index contributed by atoms with van der Waals surface area (Å²) in [4.78, 5) is 15.0. The summed E-state index contributed by atoms with van der Waals surface area (Å²) in [6.45, 7) is 2.32. The maximum Gasteiger partial charge on any atom is 0.244 e. The van der Waals surface area contributed by atoms with E-state index in [1.54, 1.807) is 6.08 Å². The van der Waals surface area contributed by atoms with Crippen LogP contribution in [0.1, 0.15) is 42.7 Å². The number of hydrogen-bond donors (Lipinski definition) is 2. The summed E-state index contributed by atoms with van der Waals surface area (Å²) < 4.78 is 0. The summed E-state index contributed by atoms with van der Waals surface area (Å²) in [5, 5.41) is 14.3. The molecule has 0 aromatic heterocycles. The molecule has 0 radical (unpaired) electrons. The van der Waals surface area contributed by atoms with Gasteiger partial charge < -0.3 is 10.4 Å². The molecule has 2 aromatic rings. The van der Waals surface area contributed by atoms with Crippen LogP contribution < -0.4 is 5.32 Å². The van der Waals surface area contributed by atoms with Gasteiger partial charge in [0.25, 0.3) is 0 Å². The van der Waals surface area contributed by atoms with E-state index in [1.807, 2.05) is 42.5 Å². The molecule has 31 heavy (non-hydrogen) atoms. The Kier molecular flexibility index (Phi) is 5.68. The Balaban J connectivity index is 1.29. The van der Waals surface area contributed by atoms with Gasteiger partial charge in [-0.25, -0.2) is 0 Å². The van der Waals surface area contributed by atoms with Gasteiger partial charge in [-0.1, -0.05) is 73.5 Å². The number of nitrogens with zero attached hydrogens (tertiary/aromatic N) is 1. The second-order valence-electron chi connectivity index (χ2n) is 9.48. The molecule has 0 bridgehead atoms. The molecule has 0 unspecified atom stereocenters. The normalized spacial score (nSPS) is 30.9. The van der Waals surface area contributed by atoms with E-state index in [1.165, 1.54) is 31.2 Å². The molecule has 1 aliphatic heterocycles. The molecule has 1 saturated heterocycles. The Bertz CT molecular complexity index is 923. The van der Waals surface area contributed by atoms with E-state index >= 15 is 0 Å². The number of β-amino-alcohol motifs (C(OH)–C–C–N with tert-alkyl or cyclic N) is 1. The van der Waals surface area contributed by atoms with E-state index in [4.69, 9.17) is 0 Å². The van der Waals surface area contributed by atoms with Gasteiger partial charge in [-0.3, -0.25) is 9.69 Å². The number of nitrogens with one attached hydrogen (secondary N) is 1. The van der Waals surface area contributed by atoms with Crippen molar-refractivity contribution in [2.75, 3.05) is 19.6 Å². The summed E-state index contributed by atoms with van der Waals surface area (Å²) in [6, 6.07) is 21.0. The van der Waals surface area contributed by atoms with Crippen LogP contribution in [0.3, 0.4) is 0 Å². The van der Waals surface area contributed by atoms with Gasteiger partial charge >= 0.3 is 0 Å². The molecule has 5 rings (SSSR count). The zero-order valence-electron chi connectivity index (χ0n) is 18.0. The van der Waals surface area contributed by atoms with Crippen molar-refractivity contribution in [2.45, 2.75) is 43.7 Å². The van der Waals surface area contributed by atoms with Gasteiger partial charge in [0.1, 0.15) is 0 Å². The average molecular weight is 417 g/mol. The maximum absolute atomic E-state index is 12.5. The van der Waals surface area contributed by atoms with Crippen molar-refractivity contribution in [2.24, 2.45) is 11.3 Å². The van der Waals surface area contributed by atoms with Crippen LogP contribution in [0.15, 0.2) is 66.7 Å². The zero-order chi connectivity index (χ0) is 21.3. The summed E-state index contributed by atoms with van der Waals surface area (Å²) in [5.41, 5.74) is 2.16. The van der Waals surface area contributed by atoms with E-state index in [-0.39, 0.29) is 23.3 Å². The molecular formula is C27H32N2O2. The lowest BCUT2D eigenvalue weighted by molar-refractivity contribution is -0.116. The van der Waals surface area contributed by atoms with Gasteiger partial charge in [0, 0.05) is 37.2 Å². The Morgan fingerprint density at radius 2 is 1.74 bits per heavy atom. The van der Waals surface area contributed by atoms with E-state index in [9.17, 15) is 9.90 Å². The topological polar surface area (TPSA) is 52.6 Å². The standard InChI is InChI=1S/C27H32N2O2/c30-24-18-29(22-13-7-8-14-22)19-27(24)23(26(27)21-11-5-2-6-12-21)17-28-25(31)16-15-20-9-3-1-4-10-20/h1-6,9-12,15-16,22-24,26,30H,7-8,13-14,17-19H2,(H,28,31)/t23-,24-,26-,27-/m1/s1. The van der Waals surface area contributed by atoms with Crippen LogP contribution >= 0.6 is 0 Å². The minimum absolute atomic E-state index is 0.0714. The van der Waals surface area contributed by atoms with Crippen LogP contribution in [0.25, 0.3) is 6.08 Å². The molecule has 1 heterocycles. The van der Waals surface area contributed by atoms with Crippen LogP contribution in [0.4, 0.5) is 0 Å². The highest BCUT2D eigenvalue weighted by Crippen LogP contribution is 2.69. The van der Waals surface area contributed by atoms with Crippen molar-refractivity contribution < 1.29 is 9.90 Å². The number of aliphatic hydroxyl groups excluding tert-OH is 1. The van der Waals surface area contributed by atoms with Crippen molar-refractivity contribution in [3.8, 4) is 0 Å². The summed E-state index contributed by atoms with van der Waals surface area (Å²) in [5.74, 6) is 0.497. The molecule has 4 atom stereocenters. The Morgan fingerprint density at radius 3 is 2.45 bits per heavy atom. The maximum atomic E-state index is 12.5. The van der Waals surface area contributed by atoms with Gasteiger partial charge in [0.2, 0.25) is 5.91 Å². The van der Waals surface area contributed by atoms with Gasteiger partial charge in [0.15, 0.2) is 0 Å². The smallest absolute Gasteiger partial charge is 0.244 e. The number of hydrogen-bond acceptors (Lipinski definition) is 3. The van der Waals surface area contributed by atoms with Crippen LogP contribution in [-0.2, 0) is 4.79 Å². The minimum atomic E-state index is -0.333. The van der Waals surface area contributed by atoms with Crippen LogP contribution in [0.5, 0.6) is 0 Å². The van der Waals surface area contributed by atoms with E-state index in [0.29, 0.717) is 18.5 Å². The summed E-state index contributed by atoms with van der Waals surface area (Å²) in [7, 11) is 0. The van der Waals surface area contributed by atoms with E-state index in [0.717, 1.165) is 18.7 Å². The number of aliphatic hydroxyl groups is 1. The third kappa shape index (κ3) is 3.95. The minimum Gasteiger partial charge on any atom is -0.391 e. The van der Waals surface area contributed by atoms with Gasteiger partial charge in [-0.05, 0) is 41.9 Å². The van der Waals surface area contributed by atoms with Crippen LogP contribution in [0.2, 0.25) is 0 Å². The lowest BCUT2D eigenvalue weighted by Gasteiger charge is -2.23. The van der Waals surface area contributed by atoms with Gasteiger partial charge in [0.05, 0.1) is 6.10 Å². The second kappa shape index (κ2) is 8.60. The number of rotatable bonds is 6. The first-order valence-electron chi connectivity index (χ1n) is 11.7. The molecule has 1 spiro atoms. The number of benzene rings is 2. The first kappa shape index (κ1) is 20.5. The van der Waals surface area contributed by atoms with Crippen molar-refractivity contribution in [1.29, 1.82) is 0 Å². The molecule has 2 saturated carbocycles. The highest BCUT2D eigenvalue weighted by Gasteiger charge is 2.71. The third-order valence-corrected chi connectivity index (χ3v) is 7.79. The van der Waals surface area contributed by atoms with Crippen molar-refractivity contribution in [1.82, 2.24) is 10.2 Å². The van der Waals surface area contributed by atoms with Crippen LogP contribution in [0, 0.1) is 11.3 Å². The predicted molar refractivity (Wildman–Crippen MR) is 123 cm³/mol. The Labute approximate surface area is 185 Å². The summed E-state index contributed by atoms with van der Waals surface area (Å²) >= 11 is 0. The lowest BCUT2D eigenvalue weighted by atomic mass is 9.95. The molecule has 1 amide bonds. The van der Waals surface area contributed by atoms with Crippen molar-refractivity contribution in [3.63, 3.8) is 0 Å². The summed E-state index contributed by atoms with van der Waals surface area (Å²) in [6.07, 6.45) is 8.24. The highest BCUT2D eigenvalue weighted by atomic mass is 16.3. The largest absolute Gasteiger partial charge is 0.391 e. The Hall–Kier alpha value is -2.43. The second-order valence-corrected chi connectivity index (χ2v) is 9.48. The molecule has 3 aliphatic rings. The molecular weight excluding hydrogens is 384 g/mol. The molecule has 4 heteroatoms. The van der Waals surface area contributed by atoms with Crippen molar-refractivity contribution in [3.05, 3.63) is 77.9 Å². The zero-order valence-corrected chi connectivity index (χ0v) is 18.0. The van der Waals surface area contributed by atoms with Gasteiger partial charge in [-0.2, -0.15) is 0 Å². The monoisotopic (exact) mass is 416 g/mol. The number of likely N-dealkylation sites (tertiary alicyclic amines) is 1. The molecule has 2 aliphatic carbocycles. The fraction of sp³-hybridized carbons (Fsp3) is 0.444. The first-order chi connectivity index (χ1) is 15.2. The molecule has 2 aromatic carbocycles. The van der Waals surface area contributed by atoms with E-state index < -0.39 is 0 Å². The van der Waals surface area contributed by atoms with Crippen molar-refractivity contribution >= 4 is 12.0 Å². The average Bonchev–Trinajstić information content (AvgIpc) is 3.11. The number of carbonyl (C=O) groups is 1. The SMILES string of the molecule is O=C(C=Cc1ccccc1)NC[C@@H]1[C@@H](c2ccccc2)[C@]12CN(C1CCCC1)C[C@H]2O. The highest BCUT2D eigenvalue weighted by molar-refractivity contribution is 5.91. The lowest BCUT2D eigenvalue weighted by Crippen LogP contribution is -2.32. The fourth-order valence-corrected chi connectivity index (χ4v) is 6.19. The molecule has 3 fully saturated rings. The quantitative estimate of drug-likeness (QED) is 0.704. The number of amides is 1. The molecule has 162 valence electrons. The van der Waals surface area contributed by atoms with E-state index in [2.05, 4.69) is 34.5 Å². The molecule has 4 nitrogen and oxygen atoms in total. The van der Waals surface area contributed by atoms with Gasteiger partial charge in [-0.15, -0.1) is 0 Å².